The van der Waals surface area contributed by atoms with Gasteiger partial charge in [0.05, 0.1) is 0 Å². The Balaban J connectivity index is 0.000000751. The molecule has 0 heterocycles. The van der Waals surface area contributed by atoms with Crippen molar-refractivity contribution in [3.8, 4) is 0 Å². The van der Waals surface area contributed by atoms with Crippen molar-refractivity contribution in [3.63, 3.8) is 0 Å². The van der Waals surface area contributed by atoms with E-state index in [1.807, 2.05) is 0 Å². The topological polar surface area (TPSA) is 0 Å². The number of hydrogen-bond acceptors (Lipinski definition) is 0. The first-order valence-corrected chi connectivity index (χ1v) is 14.4. The fourth-order valence-electron chi connectivity index (χ4n) is 4.45. The number of rotatable bonds is 11. The quantitative estimate of drug-likeness (QED) is 0.113. The average molecular weight is 563 g/mol. The second-order valence-electron chi connectivity index (χ2n) is 9.11. The molecule has 0 aliphatic carbocycles. The molecule has 0 aliphatic heterocycles. The first kappa shape index (κ1) is 34.4. The standard InChI is InChI=1S/C21H32P.C10H9.2ClH.Ti/c1-3-5-7-11-15-22(16-12-8-6-4-2)21-17-19-13-9-10-14-20(19)18-21;1-8-6-9-4-2-3-5-10(9)7-8;;;/h9-10,13-14,17-18H,3-8,11-12,15-16H2,1-2H3;2-7H,1H3;2*1H;/q2*-1;;;+4/p-2. The SMILES string of the molecule is CCCCCCP(CCCCCC)c1cc2ccccc2[cH-]1.Cc1cc2ccccc2[cH-]1.[Cl-].[Cl-].[Ti+4]. The molecule has 0 radical (unpaired) electrons. The van der Waals surface area contributed by atoms with Crippen molar-refractivity contribution >= 4 is 34.8 Å². The first-order chi connectivity index (χ1) is 15.7. The molecule has 0 fully saturated rings. The van der Waals surface area contributed by atoms with Gasteiger partial charge in [0.2, 0.25) is 0 Å². The van der Waals surface area contributed by atoms with Crippen molar-refractivity contribution in [2.24, 2.45) is 0 Å². The van der Waals surface area contributed by atoms with Gasteiger partial charge in [0.25, 0.3) is 0 Å². The van der Waals surface area contributed by atoms with Crippen molar-refractivity contribution in [2.45, 2.75) is 72.1 Å². The fourth-order valence-corrected chi connectivity index (χ4v) is 7.05. The van der Waals surface area contributed by atoms with E-state index in [2.05, 4.69) is 93.6 Å². The number of unbranched alkanes of at least 4 members (excludes halogenated alkanes) is 6. The molecule has 4 rings (SSSR count). The van der Waals surface area contributed by atoms with E-state index in [-0.39, 0.29) is 54.5 Å². The van der Waals surface area contributed by atoms with Gasteiger partial charge in [-0.05, 0) is 25.2 Å². The predicted octanol–water partition coefficient (Wildman–Crippen LogP) is 3.70. The summed E-state index contributed by atoms with van der Waals surface area (Å²) in [4.78, 5) is 0. The second kappa shape index (κ2) is 19.5. The Kier molecular flexibility index (Phi) is 19.1. The number of benzene rings is 2. The van der Waals surface area contributed by atoms with Crippen molar-refractivity contribution in [1.29, 1.82) is 0 Å². The van der Waals surface area contributed by atoms with E-state index < -0.39 is 0 Å². The molecule has 0 unspecified atom stereocenters. The van der Waals surface area contributed by atoms with Crippen LogP contribution in [0.3, 0.4) is 0 Å². The Bertz CT molecular complexity index is 974. The minimum atomic E-state index is 0. The monoisotopic (exact) mass is 562 g/mol. The molecule has 0 aromatic heterocycles. The van der Waals surface area contributed by atoms with Crippen LogP contribution in [0.1, 0.15) is 70.8 Å². The molecule has 35 heavy (non-hydrogen) atoms. The van der Waals surface area contributed by atoms with Crippen LogP contribution in [0.25, 0.3) is 21.5 Å². The van der Waals surface area contributed by atoms with Crippen LogP contribution in [0.4, 0.5) is 0 Å². The Hall–Kier alpha value is -0.616. The van der Waals surface area contributed by atoms with E-state index in [9.17, 15) is 0 Å². The van der Waals surface area contributed by atoms with Crippen molar-refractivity contribution in [1.82, 2.24) is 0 Å². The van der Waals surface area contributed by atoms with Gasteiger partial charge < -0.3 is 24.8 Å². The third-order valence-corrected chi connectivity index (χ3v) is 8.99. The third kappa shape index (κ3) is 11.5. The van der Waals surface area contributed by atoms with E-state index in [0.29, 0.717) is 0 Å². The molecule has 0 N–H and O–H groups in total. The van der Waals surface area contributed by atoms with Crippen molar-refractivity contribution < 1.29 is 46.5 Å². The van der Waals surface area contributed by atoms with Crippen LogP contribution in [-0.4, -0.2) is 12.3 Å². The summed E-state index contributed by atoms with van der Waals surface area (Å²) in [5.74, 6) is 0. The summed E-state index contributed by atoms with van der Waals surface area (Å²) in [6.45, 7) is 6.73. The molecule has 0 aliphatic rings. The molecule has 188 valence electrons. The number of halogens is 2. The maximum Gasteiger partial charge on any atom is 4.00 e. The minimum absolute atomic E-state index is 0. The summed E-state index contributed by atoms with van der Waals surface area (Å²) in [6, 6.07) is 26.6. The summed E-state index contributed by atoms with van der Waals surface area (Å²) < 4.78 is 0. The number of fused-ring (bicyclic) bond motifs is 2. The van der Waals surface area contributed by atoms with Crippen LogP contribution >= 0.6 is 7.92 Å². The van der Waals surface area contributed by atoms with Crippen molar-refractivity contribution in [3.05, 3.63) is 78.4 Å². The van der Waals surface area contributed by atoms with Gasteiger partial charge in [0, 0.05) is 0 Å². The molecule has 0 amide bonds. The summed E-state index contributed by atoms with van der Waals surface area (Å²) in [6.07, 6.45) is 14.1. The molecule has 0 saturated heterocycles. The van der Waals surface area contributed by atoms with Gasteiger partial charge in [0.1, 0.15) is 0 Å². The van der Waals surface area contributed by atoms with Gasteiger partial charge in [-0.3, -0.25) is 0 Å². The summed E-state index contributed by atoms with van der Waals surface area (Å²) in [5, 5.41) is 7.23. The molecular formula is C31H41Cl2PTi. The molecular weight excluding hydrogens is 522 g/mol. The van der Waals surface area contributed by atoms with E-state index in [1.54, 1.807) is 5.30 Å². The number of hydrogen-bond donors (Lipinski definition) is 0. The van der Waals surface area contributed by atoms with E-state index in [0.717, 1.165) is 0 Å². The summed E-state index contributed by atoms with van der Waals surface area (Å²) in [5.41, 5.74) is 1.35. The zero-order valence-electron chi connectivity index (χ0n) is 21.7. The minimum Gasteiger partial charge on any atom is -1.00 e. The molecule has 0 saturated carbocycles. The zero-order valence-corrected chi connectivity index (χ0v) is 25.7. The van der Waals surface area contributed by atoms with Gasteiger partial charge in [-0.15, -0.1) is 80.9 Å². The smallest absolute Gasteiger partial charge is 1.00 e. The molecule has 0 atom stereocenters. The Morgan fingerprint density at radius 3 is 1.60 bits per heavy atom. The number of aryl methyl sites for hydroxylation is 1. The van der Waals surface area contributed by atoms with Crippen molar-refractivity contribution in [2.75, 3.05) is 12.3 Å². The molecule has 4 aromatic carbocycles. The van der Waals surface area contributed by atoms with Crippen LogP contribution in [-0.2, 0) is 21.7 Å². The molecule has 0 nitrogen and oxygen atoms in total. The Morgan fingerprint density at radius 2 is 1.11 bits per heavy atom. The van der Waals surface area contributed by atoms with Gasteiger partial charge in [-0.1, -0.05) is 79.4 Å². The normalized spacial score (nSPS) is 10.3. The van der Waals surface area contributed by atoms with Gasteiger partial charge >= 0.3 is 21.7 Å². The molecule has 0 bridgehead atoms. The maximum absolute atomic E-state index is 2.47. The predicted molar refractivity (Wildman–Crippen MR) is 148 cm³/mol. The maximum atomic E-state index is 2.47. The zero-order chi connectivity index (χ0) is 22.6. The molecule has 0 spiro atoms. The second-order valence-corrected chi connectivity index (χ2v) is 11.6. The third-order valence-electron chi connectivity index (χ3n) is 6.29. The van der Waals surface area contributed by atoms with Gasteiger partial charge in [0.15, 0.2) is 0 Å². The van der Waals surface area contributed by atoms with Crippen LogP contribution < -0.4 is 30.1 Å². The van der Waals surface area contributed by atoms with E-state index >= 15 is 0 Å². The molecule has 4 heteroatoms. The van der Waals surface area contributed by atoms with Crippen LogP contribution in [0, 0.1) is 6.92 Å². The Morgan fingerprint density at radius 1 is 0.629 bits per heavy atom. The largest absolute Gasteiger partial charge is 4.00 e. The van der Waals surface area contributed by atoms with E-state index in [1.165, 1.54) is 90.8 Å². The first-order valence-electron chi connectivity index (χ1n) is 12.7. The van der Waals surface area contributed by atoms with E-state index in [4.69, 9.17) is 0 Å². The van der Waals surface area contributed by atoms with Crippen LogP contribution in [0.2, 0.25) is 0 Å². The summed E-state index contributed by atoms with van der Waals surface area (Å²) >= 11 is 0. The van der Waals surface area contributed by atoms with Gasteiger partial charge in [-0.2, -0.15) is 12.1 Å². The average Bonchev–Trinajstić information content (AvgIpc) is 3.41. The fraction of sp³-hybridized carbons (Fsp3) is 0.419. The van der Waals surface area contributed by atoms with Crippen LogP contribution in [0.5, 0.6) is 0 Å². The summed E-state index contributed by atoms with van der Waals surface area (Å²) in [7, 11) is 0.0642. The van der Waals surface area contributed by atoms with Crippen LogP contribution in [0.15, 0.2) is 72.8 Å². The van der Waals surface area contributed by atoms with Gasteiger partial charge in [-0.25, -0.2) is 0 Å². The Labute approximate surface area is 242 Å². The molecule has 4 aromatic rings.